The number of hydrogen-bond acceptors (Lipinski definition) is 6. The van der Waals surface area contributed by atoms with Crippen LogP contribution >= 0.6 is 0 Å². The van der Waals surface area contributed by atoms with Crippen LogP contribution in [-0.4, -0.2) is 59.7 Å². The fourth-order valence-corrected chi connectivity index (χ4v) is 3.56. The number of anilines is 1. The molecule has 0 aliphatic carbocycles. The van der Waals surface area contributed by atoms with Gasteiger partial charge in [0.1, 0.15) is 23.2 Å². The van der Waals surface area contributed by atoms with Crippen LogP contribution in [0.2, 0.25) is 0 Å². The van der Waals surface area contributed by atoms with Crippen molar-refractivity contribution >= 4 is 11.7 Å². The summed E-state index contributed by atoms with van der Waals surface area (Å²) >= 11 is 0. The first-order valence-electron chi connectivity index (χ1n) is 9.34. The summed E-state index contributed by atoms with van der Waals surface area (Å²) in [6.07, 6.45) is 2.51. The normalized spacial score (nSPS) is 13.4. The second kappa shape index (κ2) is 8.39. The number of amidine groups is 1. The first-order valence-corrected chi connectivity index (χ1v) is 9.34. The molecule has 0 spiro atoms. The van der Waals surface area contributed by atoms with Gasteiger partial charge in [0.15, 0.2) is 0 Å². The average Bonchev–Trinajstić information content (AvgIpc) is 3.01. The second-order valence-electron chi connectivity index (χ2n) is 6.68. The highest BCUT2D eigenvalue weighted by atomic mass is 16.5. The SMILES string of the molecule is CNc1ccc2c(n1)CCN(C(=N)c1c(CCCOC)nc(C)n1NC)C2. The van der Waals surface area contributed by atoms with E-state index in [1.165, 1.54) is 5.56 Å². The molecule has 1 aliphatic heterocycles. The Kier molecular flexibility index (Phi) is 5.95. The van der Waals surface area contributed by atoms with Gasteiger partial charge in [-0.05, 0) is 31.4 Å². The van der Waals surface area contributed by atoms with Gasteiger partial charge >= 0.3 is 0 Å². The van der Waals surface area contributed by atoms with E-state index in [1.807, 2.05) is 31.8 Å². The Morgan fingerprint density at radius 2 is 2.11 bits per heavy atom. The van der Waals surface area contributed by atoms with Crippen molar-refractivity contribution in [3.63, 3.8) is 0 Å². The molecule has 3 N–H and O–H groups in total. The van der Waals surface area contributed by atoms with Gasteiger partial charge in [0.25, 0.3) is 0 Å². The second-order valence-corrected chi connectivity index (χ2v) is 6.68. The molecule has 0 saturated heterocycles. The number of rotatable bonds is 7. The molecule has 0 saturated carbocycles. The van der Waals surface area contributed by atoms with Gasteiger partial charge in [-0.25, -0.2) is 14.6 Å². The van der Waals surface area contributed by atoms with E-state index < -0.39 is 0 Å². The summed E-state index contributed by atoms with van der Waals surface area (Å²) < 4.78 is 7.08. The minimum atomic E-state index is 0.501. The van der Waals surface area contributed by atoms with Crippen LogP contribution in [0.25, 0.3) is 0 Å². The zero-order valence-corrected chi connectivity index (χ0v) is 16.6. The first-order chi connectivity index (χ1) is 13.1. The van der Waals surface area contributed by atoms with Gasteiger partial charge in [-0.15, -0.1) is 0 Å². The number of methoxy groups -OCH3 is 1. The van der Waals surface area contributed by atoms with Crippen LogP contribution in [0.1, 0.15) is 34.9 Å². The lowest BCUT2D eigenvalue weighted by molar-refractivity contribution is 0.195. The van der Waals surface area contributed by atoms with E-state index >= 15 is 0 Å². The van der Waals surface area contributed by atoms with Gasteiger partial charge < -0.3 is 20.4 Å². The van der Waals surface area contributed by atoms with Crippen molar-refractivity contribution in [2.75, 3.05) is 45.1 Å². The molecule has 8 heteroatoms. The monoisotopic (exact) mass is 371 g/mol. The largest absolute Gasteiger partial charge is 0.385 e. The Bertz CT molecular complexity index is 815. The van der Waals surface area contributed by atoms with Crippen LogP contribution in [0, 0.1) is 12.3 Å². The van der Waals surface area contributed by atoms with Crippen molar-refractivity contribution in [2.45, 2.75) is 32.7 Å². The summed E-state index contributed by atoms with van der Waals surface area (Å²) in [6, 6.07) is 4.10. The zero-order valence-electron chi connectivity index (χ0n) is 16.6. The molecule has 2 aromatic heterocycles. The molecule has 146 valence electrons. The maximum Gasteiger partial charge on any atom is 0.149 e. The molecule has 3 rings (SSSR count). The molecule has 0 amide bonds. The lowest BCUT2D eigenvalue weighted by atomic mass is 10.0. The summed E-state index contributed by atoms with van der Waals surface area (Å²) in [7, 11) is 5.45. The number of hydrogen-bond donors (Lipinski definition) is 3. The van der Waals surface area contributed by atoms with Crippen molar-refractivity contribution in [1.29, 1.82) is 5.41 Å². The van der Waals surface area contributed by atoms with Gasteiger partial charge in [-0.1, -0.05) is 6.07 Å². The van der Waals surface area contributed by atoms with Gasteiger partial charge in [0.2, 0.25) is 0 Å². The van der Waals surface area contributed by atoms with Gasteiger partial charge in [-0.3, -0.25) is 5.41 Å². The van der Waals surface area contributed by atoms with Gasteiger partial charge in [0, 0.05) is 53.0 Å². The van der Waals surface area contributed by atoms with E-state index in [9.17, 15) is 0 Å². The lowest BCUT2D eigenvalue weighted by Gasteiger charge is -2.31. The molecule has 27 heavy (non-hydrogen) atoms. The fraction of sp³-hybridized carbons (Fsp3) is 0.526. The highest BCUT2D eigenvalue weighted by molar-refractivity contribution is 5.96. The number of nitrogens with one attached hydrogen (secondary N) is 3. The van der Waals surface area contributed by atoms with Crippen molar-refractivity contribution < 1.29 is 4.74 Å². The minimum Gasteiger partial charge on any atom is -0.385 e. The third kappa shape index (κ3) is 3.90. The van der Waals surface area contributed by atoms with Gasteiger partial charge in [0.05, 0.1) is 5.69 Å². The molecular weight excluding hydrogens is 342 g/mol. The summed E-state index contributed by atoms with van der Waals surface area (Å²) in [6.45, 7) is 4.12. The Hall–Kier alpha value is -2.61. The quantitative estimate of drug-likeness (QED) is 0.390. The van der Waals surface area contributed by atoms with E-state index in [4.69, 9.17) is 15.1 Å². The van der Waals surface area contributed by atoms with E-state index in [0.29, 0.717) is 19.0 Å². The molecule has 8 nitrogen and oxygen atoms in total. The molecule has 0 radical (unpaired) electrons. The number of fused-ring (bicyclic) bond motifs is 1. The van der Waals surface area contributed by atoms with Crippen molar-refractivity contribution in [1.82, 2.24) is 19.5 Å². The Balaban J connectivity index is 1.84. The number of nitrogens with zero attached hydrogens (tertiary/aromatic N) is 4. The van der Waals surface area contributed by atoms with Crippen LogP contribution in [0.4, 0.5) is 5.82 Å². The van der Waals surface area contributed by atoms with Crippen LogP contribution in [-0.2, 0) is 24.1 Å². The number of ether oxygens (including phenoxy) is 1. The summed E-state index contributed by atoms with van der Waals surface area (Å²) in [5.41, 5.74) is 7.24. The summed E-state index contributed by atoms with van der Waals surface area (Å²) in [5, 5.41) is 12.0. The maximum atomic E-state index is 8.88. The Morgan fingerprint density at radius 1 is 1.30 bits per heavy atom. The van der Waals surface area contributed by atoms with E-state index in [-0.39, 0.29) is 0 Å². The van der Waals surface area contributed by atoms with E-state index in [2.05, 4.69) is 26.7 Å². The van der Waals surface area contributed by atoms with E-state index in [0.717, 1.165) is 54.5 Å². The van der Waals surface area contributed by atoms with Crippen LogP contribution in [0.15, 0.2) is 12.1 Å². The Labute approximate surface area is 160 Å². The number of aromatic nitrogens is 3. The molecular formula is C19H29N7O. The Morgan fingerprint density at radius 3 is 2.81 bits per heavy atom. The third-order valence-electron chi connectivity index (χ3n) is 4.95. The molecule has 0 aromatic carbocycles. The summed E-state index contributed by atoms with van der Waals surface area (Å²) in [5.74, 6) is 2.25. The lowest BCUT2D eigenvalue weighted by Crippen LogP contribution is -2.38. The van der Waals surface area contributed by atoms with Crippen LogP contribution < -0.4 is 10.7 Å². The minimum absolute atomic E-state index is 0.501. The smallest absolute Gasteiger partial charge is 0.149 e. The highest BCUT2D eigenvalue weighted by Gasteiger charge is 2.26. The topological polar surface area (TPSA) is 91.1 Å². The molecule has 3 heterocycles. The predicted octanol–water partition coefficient (Wildman–Crippen LogP) is 1.76. The number of pyridine rings is 1. The van der Waals surface area contributed by atoms with Crippen LogP contribution in [0.3, 0.4) is 0 Å². The fourth-order valence-electron chi connectivity index (χ4n) is 3.56. The third-order valence-corrected chi connectivity index (χ3v) is 4.95. The average molecular weight is 371 g/mol. The molecule has 0 fully saturated rings. The summed E-state index contributed by atoms with van der Waals surface area (Å²) in [4.78, 5) is 11.4. The molecule has 0 atom stereocenters. The number of aryl methyl sites for hydroxylation is 2. The molecule has 0 unspecified atom stereocenters. The standard InChI is InChI=1S/C19H29N7O/c1-13-23-16(6-5-11-27-4)18(26(13)22-3)19(20)25-10-9-15-14(12-25)7-8-17(21-2)24-15/h7-8,20,22H,5-6,9-12H2,1-4H3,(H,21,24). The molecule has 1 aliphatic rings. The number of imidazole rings is 1. The van der Waals surface area contributed by atoms with Gasteiger partial charge in [-0.2, -0.15) is 0 Å². The molecule has 0 bridgehead atoms. The van der Waals surface area contributed by atoms with E-state index in [1.54, 1.807) is 7.11 Å². The maximum absolute atomic E-state index is 8.88. The van der Waals surface area contributed by atoms with Crippen molar-refractivity contribution in [2.24, 2.45) is 0 Å². The van der Waals surface area contributed by atoms with Crippen molar-refractivity contribution in [3.8, 4) is 0 Å². The van der Waals surface area contributed by atoms with Crippen LogP contribution in [0.5, 0.6) is 0 Å². The highest BCUT2D eigenvalue weighted by Crippen LogP contribution is 2.22. The predicted molar refractivity (Wildman–Crippen MR) is 107 cm³/mol. The van der Waals surface area contributed by atoms with Crippen molar-refractivity contribution in [3.05, 3.63) is 40.6 Å². The zero-order chi connectivity index (χ0) is 19.4. The molecule has 2 aromatic rings. The first kappa shape index (κ1) is 19.2.